The summed E-state index contributed by atoms with van der Waals surface area (Å²) in [6.45, 7) is 0.434. The van der Waals surface area contributed by atoms with Gasteiger partial charge in [0.05, 0.1) is 11.8 Å². The second-order valence-corrected chi connectivity index (χ2v) is 3.78. The summed E-state index contributed by atoms with van der Waals surface area (Å²) in [6.07, 6.45) is 5.02. The SMILES string of the molecule is Cn1cc(CNC(=O)c2ccc(NN)nc2)cn1. The van der Waals surface area contributed by atoms with Crippen molar-refractivity contribution in [3.63, 3.8) is 0 Å². The van der Waals surface area contributed by atoms with Crippen LogP contribution in [-0.4, -0.2) is 20.7 Å². The zero-order valence-electron chi connectivity index (χ0n) is 9.92. The van der Waals surface area contributed by atoms with Gasteiger partial charge in [0.25, 0.3) is 5.91 Å². The van der Waals surface area contributed by atoms with Crippen LogP contribution in [0.3, 0.4) is 0 Å². The van der Waals surface area contributed by atoms with Crippen molar-refractivity contribution in [2.24, 2.45) is 12.9 Å². The van der Waals surface area contributed by atoms with Gasteiger partial charge in [-0.05, 0) is 12.1 Å². The summed E-state index contributed by atoms with van der Waals surface area (Å²) < 4.78 is 1.69. The number of carbonyl (C=O) groups excluding carboxylic acids is 1. The van der Waals surface area contributed by atoms with Gasteiger partial charge in [-0.25, -0.2) is 10.8 Å². The number of nitrogens with one attached hydrogen (secondary N) is 2. The average Bonchev–Trinajstić information content (AvgIpc) is 2.82. The second kappa shape index (κ2) is 5.28. The maximum Gasteiger partial charge on any atom is 0.253 e. The van der Waals surface area contributed by atoms with Crippen LogP contribution in [-0.2, 0) is 13.6 Å². The normalized spacial score (nSPS) is 10.1. The highest BCUT2D eigenvalue weighted by atomic mass is 16.1. The highest BCUT2D eigenvalue weighted by Crippen LogP contribution is 2.04. The Labute approximate surface area is 104 Å². The number of anilines is 1. The highest BCUT2D eigenvalue weighted by Gasteiger charge is 2.06. The fraction of sp³-hybridized carbons (Fsp3) is 0.182. The molecule has 0 aliphatic rings. The number of carbonyl (C=O) groups is 1. The van der Waals surface area contributed by atoms with Crippen LogP contribution in [0.15, 0.2) is 30.7 Å². The minimum atomic E-state index is -0.185. The van der Waals surface area contributed by atoms with E-state index in [1.807, 2.05) is 13.2 Å². The predicted octanol–water partition coefficient (Wildman–Crippen LogP) is 0.0307. The molecule has 7 nitrogen and oxygen atoms in total. The van der Waals surface area contributed by atoms with Crippen molar-refractivity contribution in [2.75, 3.05) is 5.43 Å². The standard InChI is InChI=1S/C11H14N6O/c1-17-7-8(5-15-17)4-14-11(18)9-2-3-10(16-12)13-6-9/h2-3,5-7H,4,12H2,1H3,(H,13,16)(H,14,18). The summed E-state index contributed by atoms with van der Waals surface area (Å²) in [4.78, 5) is 15.8. The van der Waals surface area contributed by atoms with Crippen LogP contribution in [0, 0.1) is 0 Å². The molecule has 2 heterocycles. The molecule has 0 aliphatic heterocycles. The maximum atomic E-state index is 11.8. The Morgan fingerprint density at radius 1 is 1.44 bits per heavy atom. The summed E-state index contributed by atoms with van der Waals surface area (Å²) >= 11 is 0. The van der Waals surface area contributed by atoms with Gasteiger partial charge in [0.15, 0.2) is 0 Å². The molecule has 0 unspecified atom stereocenters. The lowest BCUT2D eigenvalue weighted by atomic mass is 10.2. The fourth-order valence-corrected chi connectivity index (χ4v) is 1.46. The highest BCUT2D eigenvalue weighted by molar-refractivity contribution is 5.93. The van der Waals surface area contributed by atoms with Gasteiger partial charge in [-0.3, -0.25) is 9.48 Å². The summed E-state index contributed by atoms with van der Waals surface area (Å²) in [5.41, 5.74) is 3.83. The number of pyridine rings is 1. The Hall–Kier alpha value is -2.41. The molecule has 0 radical (unpaired) electrons. The van der Waals surface area contributed by atoms with Crippen LogP contribution in [0.4, 0.5) is 5.82 Å². The Kier molecular flexibility index (Phi) is 3.54. The predicted molar refractivity (Wildman–Crippen MR) is 66.4 cm³/mol. The van der Waals surface area contributed by atoms with Crippen LogP contribution >= 0.6 is 0 Å². The molecule has 0 spiro atoms. The lowest BCUT2D eigenvalue weighted by Crippen LogP contribution is -2.22. The summed E-state index contributed by atoms with van der Waals surface area (Å²) in [6, 6.07) is 3.29. The number of hydrogen-bond donors (Lipinski definition) is 3. The molecule has 1 amide bonds. The zero-order valence-corrected chi connectivity index (χ0v) is 9.92. The molecule has 0 aromatic carbocycles. The maximum absolute atomic E-state index is 11.8. The van der Waals surface area contributed by atoms with Crippen LogP contribution in [0.5, 0.6) is 0 Å². The molecule has 2 aromatic heterocycles. The fourth-order valence-electron chi connectivity index (χ4n) is 1.46. The van der Waals surface area contributed by atoms with E-state index in [1.54, 1.807) is 23.0 Å². The molecule has 2 aromatic rings. The number of aromatic nitrogens is 3. The number of aryl methyl sites for hydroxylation is 1. The average molecular weight is 246 g/mol. The summed E-state index contributed by atoms with van der Waals surface area (Å²) in [5.74, 6) is 5.52. The van der Waals surface area contributed by atoms with E-state index in [0.717, 1.165) is 5.56 Å². The molecule has 18 heavy (non-hydrogen) atoms. The molecule has 94 valence electrons. The van der Waals surface area contributed by atoms with E-state index in [9.17, 15) is 4.79 Å². The first-order valence-corrected chi connectivity index (χ1v) is 5.37. The number of hydrazine groups is 1. The number of amides is 1. The molecule has 2 rings (SSSR count). The van der Waals surface area contributed by atoms with E-state index < -0.39 is 0 Å². The lowest BCUT2D eigenvalue weighted by Gasteiger charge is -2.04. The Morgan fingerprint density at radius 3 is 2.83 bits per heavy atom. The third-order valence-corrected chi connectivity index (χ3v) is 2.38. The second-order valence-electron chi connectivity index (χ2n) is 3.78. The minimum Gasteiger partial charge on any atom is -0.348 e. The van der Waals surface area contributed by atoms with Crippen LogP contribution in [0.2, 0.25) is 0 Å². The molecular weight excluding hydrogens is 232 g/mol. The largest absolute Gasteiger partial charge is 0.348 e. The molecule has 0 fully saturated rings. The molecular formula is C11H14N6O. The molecule has 4 N–H and O–H groups in total. The molecule has 0 bridgehead atoms. The van der Waals surface area contributed by atoms with Crippen LogP contribution < -0.4 is 16.6 Å². The molecule has 0 atom stereocenters. The lowest BCUT2D eigenvalue weighted by molar-refractivity contribution is 0.0950. The topological polar surface area (TPSA) is 97.9 Å². The van der Waals surface area contributed by atoms with Gasteiger partial charge in [0.1, 0.15) is 5.82 Å². The van der Waals surface area contributed by atoms with Crippen molar-refractivity contribution >= 4 is 11.7 Å². The Balaban J connectivity index is 1.94. The number of rotatable bonds is 4. The van der Waals surface area contributed by atoms with Gasteiger partial charge in [-0.2, -0.15) is 5.10 Å². The third-order valence-electron chi connectivity index (χ3n) is 2.38. The van der Waals surface area contributed by atoms with Crippen molar-refractivity contribution in [3.05, 3.63) is 41.9 Å². The first kappa shape index (κ1) is 12.1. The van der Waals surface area contributed by atoms with Gasteiger partial charge in [0.2, 0.25) is 0 Å². The molecule has 0 aliphatic carbocycles. The monoisotopic (exact) mass is 246 g/mol. The molecule has 7 heteroatoms. The van der Waals surface area contributed by atoms with E-state index in [-0.39, 0.29) is 5.91 Å². The van der Waals surface area contributed by atoms with Crippen molar-refractivity contribution < 1.29 is 4.79 Å². The van der Waals surface area contributed by atoms with Crippen molar-refractivity contribution in [1.29, 1.82) is 0 Å². The van der Waals surface area contributed by atoms with Gasteiger partial charge in [-0.15, -0.1) is 0 Å². The van der Waals surface area contributed by atoms with Crippen LogP contribution in [0.1, 0.15) is 15.9 Å². The number of nitrogens with two attached hydrogens (primary N) is 1. The van der Waals surface area contributed by atoms with E-state index in [2.05, 4.69) is 20.8 Å². The summed E-state index contributed by atoms with van der Waals surface area (Å²) in [7, 11) is 1.83. The van der Waals surface area contributed by atoms with Crippen molar-refractivity contribution in [1.82, 2.24) is 20.1 Å². The van der Waals surface area contributed by atoms with Crippen molar-refractivity contribution in [2.45, 2.75) is 6.54 Å². The van der Waals surface area contributed by atoms with Gasteiger partial charge >= 0.3 is 0 Å². The van der Waals surface area contributed by atoms with E-state index >= 15 is 0 Å². The van der Waals surface area contributed by atoms with E-state index in [1.165, 1.54) is 6.20 Å². The van der Waals surface area contributed by atoms with Gasteiger partial charge in [0, 0.05) is 31.5 Å². The van der Waals surface area contributed by atoms with Gasteiger partial charge < -0.3 is 10.7 Å². The molecule has 0 saturated carbocycles. The van der Waals surface area contributed by atoms with E-state index in [0.29, 0.717) is 17.9 Å². The number of nitrogen functional groups attached to an aromatic ring is 1. The number of hydrogen-bond acceptors (Lipinski definition) is 5. The zero-order chi connectivity index (χ0) is 13.0. The van der Waals surface area contributed by atoms with Gasteiger partial charge in [-0.1, -0.05) is 0 Å². The minimum absolute atomic E-state index is 0.185. The van der Waals surface area contributed by atoms with Crippen molar-refractivity contribution in [3.8, 4) is 0 Å². The Morgan fingerprint density at radius 2 is 2.28 bits per heavy atom. The van der Waals surface area contributed by atoms with Crippen LogP contribution in [0.25, 0.3) is 0 Å². The smallest absolute Gasteiger partial charge is 0.253 e. The first-order valence-electron chi connectivity index (χ1n) is 5.37. The summed E-state index contributed by atoms with van der Waals surface area (Å²) in [5, 5.41) is 6.80. The van der Waals surface area contributed by atoms with E-state index in [4.69, 9.17) is 5.84 Å². The Bertz CT molecular complexity index is 533. The quantitative estimate of drug-likeness (QED) is 0.522. The first-order chi connectivity index (χ1) is 8.69. The number of nitrogens with zero attached hydrogens (tertiary/aromatic N) is 3. The third kappa shape index (κ3) is 2.83. The molecule has 0 saturated heterocycles.